The summed E-state index contributed by atoms with van der Waals surface area (Å²) in [7, 11) is 0. The number of hydrogen-bond acceptors (Lipinski definition) is 1. The van der Waals surface area contributed by atoms with Crippen molar-refractivity contribution in [3.05, 3.63) is 36.2 Å². The average Bonchev–Trinajstić information content (AvgIpc) is 2.60. The van der Waals surface area contributed by atoms with Gasteiger partial charge in [0.15, 0.2) is 0 Å². The van der Waals surface area contributed by atoms with Gasteiger partial charge in [-0.25, -0.2) is 4.52 Å². The van der Waals surface area contributed by atoms with Gasteiger partial charge in [-0.15, -0.1) is 0 Å². The Morgan fingerprint density at radius 3 is 2.86 bits per heavy atom. The van der Waals surface area contributed by atoms with Gasteiger partial charge in [0.05, 0.1) is 5.52 Å². The lowest BCUT2D eigenvalue weighted by Gasteiger charge is -2.38. The summed E-state index contributed by atoms with van der Waals surface area (Å²) in [4.78, 5) is 0. The SMILES string of the molecule is CC1(c2ccc3ccnn3c2)CCC1. The Morgan fingerprint density at radius 1 is 1.29 bits per heavy atom. The molecule has 2 heteroatoms. The van der Waals surface area contributed by atoms with E-state index in [0.29, 0.717) is 5.41 Å². The zero-order chi connectivity index (χ0) is 9.60. The Kier molecular flexibility index (Phi) is 1.49. The van der Waals surface area contributed by atoms with Crippen LogP contribution in [0.3, 0.4) is 0 Å². The first kappa shape index (κ1) is 8.04. The maximum Gasteiger partial charge on any atom is 0.0661 e. The molecule has 0 aliphatic heterocycles. The third-order valence-corrected chi connectivity index (χ3v) is 3.55. The Balaban J connectivity index is 2.13. The van der Waals surface area contributed by atoms with Gasteiger partial charge in [0.1, 0.15) is 0 Å². The summed E-state index contributed by atoms with van der Waals surface area (Å²) in [6, 6.07) is 6.44. The summed E-state index contributed by atoms with van der Waals surface area (Å²) in [5.41, 5.74) is 3.02. The molecule has 1 saturated carbocycles. The van der Waals surface area contributed by atoms with Crippen LogP contribution >= 0.6 is 0 Å². The van der Waals surface area contributed by atoms with Crippen molar-refractivity contribution in [3.63, 3.8) is 0 Å². The fraction of sp³-hybridized carbons (Fsp3) is 0.417. The predicted molar refractivity (Wildman–Crippen MR) is 56.4 cm³/mol. The molecule has 0 N–H and O–H groups in total. The van der Waals surface area contributed by atoms with E-state index >= 15 is 0 Å². The summed E-state index contributed by atoms with van der Waals surface area (Å²) in [5, 5.41) is 4.27. The van der Waals surface area contributed by atoms with E-state index in [-0.39, 0.29) is 0 Å². The quantitative estimate of drug-likeness (QED) is 0.669. The minimum Gasteiger partial charge on any atom is -0.241 e. The van der Waals surface area contributed by atoms with Crippen LogP contribution in [0.5, 0.6) is 0 Å². The lowest BCUT2D eigenvalue weighted by molar-refractivity contribution is 0.271. The van der Waals surface area contributed by atoms with Crippen LogP contribution in [0, 0.1) is 0 Å². The Morgan fingerprint density at radius 2 is 2.14 bits per heavy atom. The summed E-state index contributed by atoms with van der Waals surface area (Å²) < 4.78 is 1.97. The summed E-state index contributed by atoms with van der Waals surface area (Å²) >= 11 is 0. The molecule has 0 spiro atoms. The third-order valence-electron chi connectivity index (χ3n) is 3.55. The standard InChI is InChI=1S/C12H14N2/c1-12(6-2-7-12)10-3-4-11-5-8-13-14(11)9-10/h3-5,8-9H,2,6-7H2,1H3. The molecule has 0 saturated heterocycles. The second-order valence-corrected chi connectivity index (χ2v) is 4.53. The summed E-state index contributed by atoms with van der Waals surface area (Å²) in [6.07, 6.45) is 8.03. The van der Waals surface area contributed by atoms with Gasteiger partial charge in [0.25, 0.3) is 0 Å². The lowest BCUT2D eigenvalue weighted by Crippen LogP contribution is -2.30. The van der Waals surface area contributed by atoms with Crippen LogP contribution in [-0.2, 0) is 5.41 Å². The van der Waals surface area contributed by atoms with Gasteiger partial charge < -0.3 is 0 Å². The molecule has 1 fully saturated rings. The highest BCUT2D eigenvalue weighted by molar-refractivity contribution is 5.47. The predicted octanol–water partition coefficient (Wildman–Crippen LogP) is 2.78. The van der Waals surface area contributed by atoms with E-state index in [2.05, 4.69) is 30.4 Å². The number of aromatic nitrogens is 2. The molecule has 0 radical (unpaired) electrons. The lowest BCUT2D eigenvalue weighted by atomic mass is 9.66. The highest BCUT2D eigenvalue weighted by Crippen LogP contribution is 2.42. The molecule has 0 aromatic carbocycles. The molecule has 3 rings (SSSR count). The smallest absolute Gasteiger partial charge is 0.0661 e. The zero-order valence-corrected chi connectivity index (χ0v) is 8.40. The molecule has 0 atom stereocenters. The van der Waals surface area contributed by atoms with Crippen LogP contribution in [0.2, 0.25) is 0 Å². The van der Waals surface area contributed by atoms with Crippen molar-refractivity contribution in [2.45, 2.75) is 31.6 Å². The van der Waals surface area contributed by atoms with Crippen LogP contribution in [0.4, 0.5) is 0 Å². The van der Waals surface area contributed by atoms with Gasteiger partial charge >= 0.3 is 0 Å². The molecule has 1 aliphatic carbocycles. The fourth-order valence-electron chi connectivity index (χ4n) is 2.27. The van der Waals surface area contributed by atoms with Gasteiger partial charge in [-0.3, -0.25) is 0 Å². The first-order valence-corrected chi connectivity index (χ1v) is 5.22. The molecule has 0 amide bonds. The number of nitrogens with zero attached hydrogens (tertiary/aromatic N) is 2. The highest BCUT2D eigenvalue weighted by Gasteiger charge is 2.33. The van der Waals surface area contributed by atoms with Crippen LogP contribution in [0.1, 0.15) is 31.7 Å². The first-order valence-electron chi connectivity index (χ1n) is 5.22. The van der Waals surface area contributed by atoms with E-state index in [1.54, 1.807) is 0 Å². The fourth-order valence-corrected chi connectivity index (χ4v) is 2.27. The van der Waals surface area contributed by atoms with Crippen molar-refractivity contribution in [3.8, 4) is 0 Å². The van der Waals surface area contributed by atoms with Crippen molar-refractivity contribution in [2.24, 2.45) is 0 Å². The molecule has 72 valence electrons. The summed E-state index contributed by atoms with van der Waals surface area (Å²) in [5.74, 6) is 0. The van der Waals surface area contributed by atoms with Crippen LogP contribution < -0.4 is 0 Å². The Labute approximate surface area is 83.6 Å². The van der Waals surface area contributed by atoms with Gasteiger partial charge in [-0.2, -0.15) is 5.10 Å². The maximum absolute atomic E-state index is 4.27. The second kappa shape index (κ2) is 2.59. The molecular formula is C12H14N2. The van der Waals surface area contributed by atoms with E-state index in [4.69, 9.17) is 0 Å². The number of hydrogen-bond donors (Lipinski definition) is 0. The van der Waals surface area contributed by atoms with Crippen molar-refractivity contribution < 1.29 is 0 Å². The van der Waals surface area contributed by atoms with E-state index in [1.807, 2.05) is 16.8 Å². The topological polar surface area (TPSA) is 17.3 Å². The monoisotopic (exact) mass is 186 g/mol. The summed E-state index contributed by atoms with van der Waals surface area (Å²) in [6.45, 7) is 2.35. The van der Waals surface area contributed by atoms with Crippen molar-refractivity contribution in [2.75, 3.05) is 0 Å². The minimum atomic E-state index is 0.417. The molecule has 14 heavy (non-hydrogen) atoms. The van der Waals surface area contributed by atoms with Crippen molar-refractivity contribution in [1.82, 2.24) is 9.61 Å². The highest BCUT2D eigenvalue weighted by atomic mass is 15.2. The van der Waals surface area contributed by atoms with E-state index < -0.39 is 0 Å². The van der Waals surface area contributed by atoms with E-state index in [1.165, 1.54) is 30.3 Å². The molecule has 1 aliphatic rings. The van der Waals surface area contributed by atoms with Gasteiger partial charge in [0.2, 0.25) is 0 Å². The molecular weight excluding hydrogens is 172 g/mol. The molecule has 2 aromatic rings. The van der Waals surface area contributed by atoms with Gasteiger partial charge in [0, 0.05) is 12.4 Å². The Hall–Kier alpha value is -1.31. The number of pyridine rings is 1. The molecule has 2 aromatic heterocycles. The molecule has 2 nitrogen and oxygen atoms in total. The Bertz CT molecular complexity index is 466. The zero-order valence-electron chi connectivity index (χ0n) is 8.40. The number of fused-ring (bicyclic) bond motifs is 1. The van der Waals surface area contributed by atoms with Gasteiger partial charge in [-0.1, -0.05) is 19.4 Å². The molecule has 2 heterocycles. The number of rotatable bonds is 1. The van der Waals surface area contributed by atoms with E-state index in [0.717, 1.165) is 0 Å². The largest absolute Gasteiger partial charge is 0.241 e. The maximum atomic E-state index is 4.27. The third kappa shape index (κ3) is 0.999. The van der Waals surface area contributed by atoms with Crippen LogP contribution in [-0.4, -0.2) is 9.61 Å². The first-order chi connectivity index (χ1) is 6.78. The van der Waals surface area contributed by atoms with E-state index in [9.17, 15) is 0 Å². The molecule has 0 bridgehead atoms. The average molecular weight is 186 g/mol. The van der Waals surface area contributed by atoms with Crippen molar-refractivity contribution >= 4 is 5.52 Å². The van der Waals surface area contributed by atoms with Crippen LogP contribution in [0.25, 0.3) is 5.52 Å². The normalized spacial score (nSPS) is 19.5. The van der Waals surface area contributed by atoms with Gasteiger partial charge in [-0.05, 0) is 36.0 Å². The molecule has 0 unspecified atom stereocenters. The van der Waals surface area contributed by atoms with Crippen molar-refractivity contribution in [1.29, 1.82) is 0 Å². The second-order valence-electron chi connectivity index (χ2n) is 4.53. The minimum absolute atomic E-state index is 0.417. The van der Waals surface area contributed by atoms with Crippen LogP contribution in [0.15, 0.2) is 30.6 Å².